The number of sulfonamides is 1. The molecular weight excluding hydrogens is 289 g/mol. The first-order chi connectivity index (χ1) is 9.21. The van der Waals surface area contributed by atoms with Gasteiger partial charge in [-0.1, -0.05) is 0 Å². The molecule has 1 aliphatic rings. The molecular formula is C11H12FN3O4S. The molecule has 1 aromatic carbocycles. The van der Waals surface area contributed by atoms with Crippen LogP contribution in [0.25, 0.3) is 0 Å². The number of hydrogen-bond acceptors (Lipinski definition) is 5. The highest BCUT2D eigenvalue weighted by Crippen LogP contribution is 2.23. The number of benzene rings is 1. The van der Waals surface area contributed by atoms with Crippen LogP contribution in [0.4, 0.5) is 10.1 Å². The fraction of sp³-hybridized carbons (Fsp3) is 0.273. The van der Waals surface area contributed by atoms with Crippen LogP contribution in [0.15, 0.2) is 17.0 Å². The van der Waals surface area contributed by atoms with E-state index in [4.69, 9.17) is 5.73 Å². The molecule has 9 heteroatoms. The van der Waals surface area contributed by atoms with E-state index >= 15 is 0 Å². The third-order valence-corrected chi connectivity index (χ3v) is 4.58. The van der Waals surface area contributed by atoms with Crippen LogP contribution in [-0.4, -0.2) is 37.6 Å². The summed E-state index contributed by atoms with van der Waals surface area (Å²) in [6.07, 6.45) is 0. The first kappa shape index (κ1) is 14.4. The van der Waals surface area contributed by atoms with Crippen LogP contribution in [0.3, 0.4) is 0 Å². The molecule has 108 valence electrons. The number of carbonyl (C=O) groups is 2. The van der Waals surface area contributed by atoms with Gasteiger partial charge in [0, 0.05) is 0 Å². The van der Waals surface area contributed by atoms with Crippen molar-refractivity contribution in [2.24, 2.45) is 0 Å². The molecule has 1 heterocycles. The summed E-state index contributed by atoms with van der Waals surface area (Å²) in [7, 11) is -4.08. The van der Waals surface area contributed by atoms with Crippen molar-refractivity contribution in [1.29, 1.82) is 0 Å². The lowest BCUT2D eigenvalue weighted by Crippen LogP contribution is -2.53. The van der Waals surface area contributed by atoms with Crippen LogP contribution >= 0.6 is 0 Å². The van der Waals surface area contributed by atoms with Gasteiger partial charge in [-0.3, -0.25) is 14.9 Å². The minimum absolute atomic E-state index is 0.0661. The molecule has 1 saturated heterocycles. The summed E-state index contributed by atoms with van der Waals surface area (Å²) in [5, 5.41) is 2.00. The number of rotatable bonds is 2. The lowest BCUT2D eigenvalue weighted by molar-refractivity contribution is -0.134. The average molecular weight is 301 g/mol. The molecule has 1 aromatic rings. The topological polar surface area (TPSA) is 110 Å². The van der Waals surface area contributed by atoms with Crippen LogP contribution < -0.4 is 11.1 Å². The molecule has 0 radical (unpaired) electrons. The van der Waals surface area contributed by atoms with Gasteiger partial charge >= 0.3 is 0 Å². The van der Waals surface area contributed by atoms with Crippen LogP contribution in [0.5, 0.6) is 0 Å². The Morgan fingerprint density at radius 3 is 2.30 bits per heavy atom. The maximum absolute atomic E-state index is 13.4. The fourth-order valence-corrected chi connectivity index (χ4v) is 3.32. The quantitative estimate of drug-likeness (QED) is 0.558. The Labute approximate surface area is 114 Å². The van der Waals surface area contributed by atoms with Gasteiger partial charge < -0.3 is 5.73 Å². The summed E-state index contributed by atoms with van der Waals surface area (Å²) in [6, 6.07) is 2.08. The van der Waals surface area contributed by atoms with Crippen molar-refractivity contribution in [1.82, 2.24) is 9.62 Å². The van der Waals surface area contributed by atoms with Crippen molar-refractivity contribution in [2.75, 3.05) is 18.8 Å². The summed E-state index contributed by atoms with van der Waals surface area (Å²) < 4.78 is 38.8. The summed E-state index contributed by atoms with van der Waals surface area (Å²) in [6.45, 7) is 0.438. The van der Waals surface area contributed by atoms with Crippen molar-refractivity contribution >= 4 is 27.5 Å². The van der Waals surface area contributed by atoms with Crippen molar-refractivity contribution in [3.05, 3.63) is 23.5 Å². The molecule has 0 bridgehead atoms. The number of piperazine rings is 1. The third-order valence-electron chi connectivity index (χ3n) is 2.81. The Balaban J connectivity index is 2.45. The average Bonchev–Trinajstić information content (AvgIpc) is 2.34. The Kier molecular flexibility index (Phi) is 3.48. The van der Waals surface area contributed by atoms with E-state index in [-0.39, 0.29) is 16.1 Å². The van der Waals surface area contributed by atoms with E-state index in [9.17, 15) is 22.4 Å². The number of hydrogen-bond donors (Lipinski definition) is 2. The van der Waals surface area contributed by atoms with Crippen LogP contribution in [0.2, 0.25) is 0 Å². The smallest absolute Gasteiger partial charge is 0.244 e. The zero-order valence-electron chi connectivity index (χ0n) is 10.5. The van der Waals surface area contributed by atoms with Crippen LogP contribution in [-0.2, 0) is 19.6 Å². The Bertz CT molecular complexity index is 663. The number of anilines is 1. The summed E-state index contributed by atoms with van der Waals surface area (Å²) in [5.74, 6) is -2.12. The zero-order chi connectivity index (χ0) is 15.1. The van der Waals surface area contributed by atoms with Gasteiger partial charge in [-0.05, 0) is 24.6 Å². The minimum Gasteiger partial charge on any atom is -0.396 e. The third kappa shape index (κ3) is 2.49. The highest BCUT2D eigenvalue weighted by molar-refractivity contribution is 7.89. The molecule has 0 atom stereocenters. The molecule has 0 aliphatic carbocycles. The highest BCUT2D eigenvalue weighted by Gasteiger charge is 2.33. The second-order valence-corrected chi connectivity index (χ2v) is 6.33. The number of amides is 2. The molecule has 0 aromatic heterocycles. The van der Waals surface area contributed by atoms with E-state index in [0.717, 1.165) is 16.4 Å². The number of aryl methyl sites for hydroxylation is 1. The lowest BCUT2D eigenvalue weighted by atomic mass is 10.2. The molecule has 1 fully saturated rings. The second kappa shape index (κ2) is 4.84. The lowest BCUT2D eigenvalue weighted by Gasteiger charge is -2.25. The van der Waals surface area contributed by atoms with Crippen molar-refractivity contribution in [2.45, 2.75) is 11.8 Å². The maximum Gasteiger partial charge on any atom is 0.244 e. The Morgan fingerprint density at radius 2 is 1.80 bits per heavy atom. The number of halogens is 1. The molecule has 7 nitrogen and oxygen atoms in total. The van der Waals surface area contributed by atoms with Crippen LogP contribution in [0.1, 0.15) is 5.56 Å². The first-order valence-corrected chi connectivity index (χ1v) is 7.04. The van der Waals surface area contributed by atoms with E-state index in [2.05, 4.69) is 0 Å². The minimum atomic E-state index is -4.08. The number of imide groups is 1. The monoisotopic (exact) mass is 301 g/mol. The molecule has 0 saturated carbocycles. The molecule has 0 unspecified atom stereocenters. The SMILES string of the molecule is Cc1cc(S(=O)(=O)N2CC(=O)NC(=O)C2)cc(N)c1F. The number of nitrogens with one attached hydrogen (secondary N) is 1. The van der Waals surface area contributed by atoms with Gasteiger partial charge in [0.15, 0.2) is 0 Å². The molecule has 2 rings (SSSR count). The Hall–Kier alpha value is -2.00. The molecule has 3 N–H and O–H groups in total. The predicted octanol–water partition coefficient (Wildman–Crippen LogP) is -0.637. The number of nitrogens with two attached hydrogens (primary N) is 1. The van der Waals surface area contributed by atoms with E-state index in [1.54, 1.807) is 0 Å². The van der Waals surface area contributed by atoms with Gasteiger partial charge in [0.1, 0.15) is 5.82 Å². The molecule has 1 aliphatic heterocycles. The maximum atomic E-state index is 13.4. The van der Waals surface area contributed by atoms with Gasteiger partial charge in [0.2, 0.25) is 21.8 Å². The molecule has 2 amide bonds. The number of nitrogens with zero attached hydrogens (tertiary/aromatic N) is 1. The normalized spacial score (nSPS) is 17.1. The number of nitrogen functional groups attached to an aromatic ring is 1. The van der Waals surface area contributed by atoms with Gasteiger partial charge in [-0.2, -0.15) is 4.31 Å². The molecule has 20 heavy (non-hydrogen) atoms. The standard InChI is InChI=1S/C11H12FN3O4S/c1-6-2-7(3-8(13)11(6)12)20(18,19)15-4-9(16)14-10(17)5-15/h2-3H,4-5,13H2,1H3,(H,14,16,17). The van der Waals surface area contributed by atoms with E-state index < -0.39 is 40.7 Å². The van der Waals surface area contributed by atoms with E-state index in [1.807, 2.05) is 5.32 Å². The van der Waals surface area contributed by atoms with E-state index in [1.165, 1.54) is 6.92 Å². The fourth-order valence-electron chi connectivity index (χ4n) is 1.84. The Morgan fingerprint density at radius 1 is 1.25 bits per heavy atom. The van der Waals surface area contributed by atoms with Gasteiger partial charge in [-0.25, -0.2) is 12.8 Å². The number of carbonyl (C=O) groups excluding carboxylic acids is 2. The van der Waals surface area contributed by atoms with E-state index in [0.29, 0.717) is 0 Å². The summed E-state index contributed by atoms with van der Waals surface area (Å²) in [4.78, 5) is 22.2. The van der Waals surface area contributed by atoms with Crippen molar-refractivity contribution < 1.29 is 22.4 Å². The molecule has 0 spiro atoms. The van der Waals surface area contributed by atoms with Gasteiger partial charge in [0.05, 0.1) is 23.7 Å². The summed E-state index contributed by atoms with van der Waals surface area (Å²) in [5.41, 5.74) is 5.16. The summed E-state index contributed by atoms with van der Waals surface area (Å²) >= 11 is 0. The highest BCUT2D eigenvalue weighted by atomic mass is 32.2. The van der Waals surface area contributed by atoms with Crippen molar-refractivity contribution in [3.63, 3.8) is 0 Å². The largest absolute Gasteiger partial charge is 0.396 e. The zero-order valence-corrected chi connectivity index (χ0v) is 11.3. The van der Waals surface area contributed by atoms with Crippen molar-refractivity contribution in [3.8, 4) is 0 Å². The van der Waals surface area contributed by atoms with Gasteiger partial charge in [0.25, 0.3) is 0 Å². The van der Waals surface area contributed by atoms with Crippen LogP contribution in [0, 0.1) is 12.7 Å². The second-order valence-electron chi connectivity index (χ2n) is 4.39. The van der Waals surface area contributed by atoms with Gasteiger partial charge in [-0.15, -0.1) is 0 Å². The predicted molar refractivity (Wildman–Crippen MR) is 67.5 cm³/mol. The first-order valence-electron chi connectivity index (χ1n) is 5.60.